The van der Waals surface area contributed by atoms with Gasteiger partial charge in [0, 0.05) is 57.2 Å². The van der Waals surface area contributed by atoms with Crippen LogP contribution < -0.4 is 15.5 Å². The van der Waals surface area contributed by atoms with Crippen molar-refractivity contribution in [1.29, 1.82) is 0 Å². The third-order valence-corrected chi connectivity index (χ3v) is 7.29. The highest BCUT2D eigenvalue weighted by Crippen LogP contribution is 2.30. The molecule has 5 rings (SSSR count). The minimum Gasteiger partial charge on any atom is -0.379 e. The number of aryl methyl sites for hydroxylation is 2. The molecule has 2 amide bonds. The first-order valence-corrected chi connectivity index (χ1v) is 14.1. The number of amides is 2. The number of nitrogens with one attached hydrogen (secondary N) is 2. The van der Waals surface area contributed by atoms with Crippen LogP contribution in [0.15, 0.2) is 30.5 Å². The molecule has 3 aromatic rings. The van der Waals surface area contributed by atoms with Gasteiger partial charge in [0.2, 0.25) is 5.82 Å². The van der Waals surface area contributed by atoms with Gasteiger partial charge >= 0.3 is 0 Å². The molecule has 41 heavy (non-hydrogen) atoms. The molecular weight excluding hydrogens is 524 g/mol. The quantitative estimate of drug-likeness (QED) is 0.366. The molecule has 2 N–H and O–H groups in total. The van der Waals surface area contributed by atoms with E-state index in [2.05, 4.69) is 52.7 Å². The molecule has 2 aromatic heterocycles. The SMILES string of the molecule is Cc1cc(C)nc(C(=O)Nc2cc(-n3cc(C(=O)NCCCN4CCOCC4)nn3)ccc2N2CCN(C)CC2)n1. The van der Waals surface area contributed by atoms with E-state index < -0.39 is 0 Å². The van der Waals surface area contributed by atoms with E-state index in [-0.39, 0.29) is 23.3 Å². The fourth-order valence-electron chi connectivity index (χ4n) is 5.01. The number of hydrogen-bond donors (Lipinski definition) is 2. The number of benzene rings is 1. The third kappa shape index (κ3) is 7.43. The van der Waals surface area contributed by atoms with E-state index in [0.717, 1.165) is 82.5 Å². The van der Waals surface area contributed by atoms with Crippen LogP contribution in [0, 0.1) is 13.8 Å². The zero-order valence-corrected chi connectivity index (χ0v) is 24.0. The maximum atomic E-state index is 13.2. The molecule has 0 bridgehead atoms. The van der Waals surface area contributed by atoms with Gasteiger partial charge in [0.05, 0.1) is 36.5 Å². The summed E-state index contributed by atoms with van der Waals surface area (Å²) in [7, 11) is 2.10. The first-order chi connectivity index (χ1) is 19.9. The number of rotatable bonds is 9. The van der Waals surface area contributed by atoms with Crippen molar-refractivity contribution in [3.05, 3.63) is 53.4 Å². The largest absolute Gasteiger partial charge is 0.379 e. The normalized spacial score (nSPS) is 16.5. The Kier molecular flexibility index (Phi) is 9.17. The van der Waals surface area contributed by atoms with Crippen molar-refractivity contribution < 1.29 is 14.3 Å². The summed E-state index contributed by atoms with van der Waals surface area (Å²) in [5.74, 6) is -0.543. The molecule has 13 heteroatoms. The average molecular weight is 563 g/mol. The molecule has 0 unspecified atom stereocenters. The van der Waals surface area contributed by atoms with E-state index in [0.29, 0.717) is 17.9 Å². The molecule has 2 aliphatic rings. The van der Waals surface area contributed by atoms with Crippen molar-refractivity contribution in [3.63, 3.8) is 0 Å². The van der Waals surface area contributed by atoms with E-state index >= 15 is 0 Å². The second kappa shape index (κ2) is 13.1. The molecule has 0 radical (unpaired) electrons. The Labute approximate surface area is 239 Å². The minimum atomic E-state index is -0.389. The van der Waals surface area contributed by atoms with Gasteiger partial charge in [-0.15, -0.1) is 5.10 Å². The Morgan fingerprint density at radius 3 is 2.41 bits per heavy atom. The molecule has 4 heterocycles. The van der Waals surface area contributed by atoms with Gasteiger partial charge in [-0.05, 0) is 58.1 Å². The van der Waals surface area contributed by atoms with E-state index in [4.69, 9.17) is 4.74 Å². The monoisotopic (exact) mass is 562 g/mol. The van der Waals surface area contributed by atoms with Gasteiger partial charge in [-0.1, -0.05) is 5.21 Å². The number of hydrogen-bond acceptors (Lipinski definition) is 10. The molecule has 13 nitrogen and oxygen atoms in total. The fraction of sp³-hybridized carbons (Fsp3) is 0.500. The summed E-state index contributed by atoms with van der Waals surface area (Å²) in [5.41, 5.74) is 3.87. The van der Waals surface area contributed by atoms with E-state index in [1.54, 1.807) is 10.9 Å². The zero-order chi connectivity index (χ0) is 28.8. The molecule has 218 valence electrons. The van der Waals surface area contributed by atoms with E-state index in [1.165, 1.54) is 0 Å². The van der Waals surface area contributed by atoms with Crippen molar-refractivity contribution in [2.75, 3.05) is 82.8 Å². The highest BCUT2D eigenvalue weighted by Gasteiger charge is 2.21. The summed E-state index contributed by atoms with van der Waals surface area (Å²) in [6.07, 6.45) is 2.45. The maximum absolute atomic E-state index is 13.2. The number of aromatic nitrogens is 5. The smallest absolute Gasteiger partial charge is 0.293 e. The van der Waals surface area contributed by atoms with Gasteiger partial charge in [0.15, 0.2) is 5.69 Å². The number of nitrogens with zero attached hydrogens (tertiary/aromatic N) is 8. The van der Waals surface area contributed by atoms with Gasteiger partial charge in [0.25, 0.3) is 11.8 Å². The fourth-order valence-corrected chi connectivity index (χ4v) is 5.01. The molecule has 0 spiro atoms. The first kappa shape index (κ1) is 28.6. The van der Waals surface area contributed by atoms with Gasteiger partial charge < -0.3 is 25.2 Å². The molecule has 0 atom stereocenters. The molecule has 0 aliphatic carbocycles. The van der Waals surface area contributed by atoms with Crippen molar-refractivity contribution in [1.82, 2.24) is 40.1 Å². The van der Waals surface area contributed by atoms with Crippen LogP contribution in [0.25, 0.3) is 5.69 Å². The van der Waals surface area contributed by atoms with Crippen LogP contribution in [0.1, 0.15) is 38.9 Å². The van der Waals surface area contributed by atoms with Gasteiger partial charge in [-0.2, -0.15) is 0 Å². The second-order valence-corrected chi connectivity index (χ2v) is 10.5. The van der Waals surface area contributed by atoms with Crippen molar-refractivity contribution in [2.24, 2.45) is 0 Å². The number of piperazine rings is 1. The molecule has 2 aliphatic heterocycles. The van der Waals surface area contributed by atoms with Crippen molar-refractivity contribution in [2.45, 2.75) is 20.3 Å². The minimum absolute atomic E-state index is 0.116. The predicted molar refractivity (Wildman–Crippen MR) is 155 cm³/mol. The van der Waals surface area contributed by atoms with Crippen LogP contribution >= 0.6 is 0 Å². The van der Waals surface area contributed by atoms with E-state index in [9.17, 15) is 9.59 Å². The zero-order valence-electron chi connectivity index (χ0n) is 24.0. The Morgan fingerprint density at radius 2 is 1.68 bits per heavy atom. The molecule has 1 aromatic carbocycles. The molecule has 0 saturated carbocycles. The number of carbonyl (C=O) groups is 2. The first-order valence-electron chi connectivity index (χ1n) is 14.1. The van der Waals surface area contributed by atoms with Crippen LogP contribution in [-0.2, 0) is 4.74 Å². The topological polar surface area (TPSA) is 134 Å². The summed E-state index contributed by atoms with van der Waals surface area (Å²) in [6, 6.07) is 7.55. The summed E-state index contributed by atoms with van der Waals surface area (Å²) < 4.78 is 6.92. The lowest BCUT2D eigenvalue weighted by Crippen LogP contribution is -2.44. The lowest BCUT2D eigenvalue weighted by molar-refractivity contribution is 0.0374. The van der Waals surface area contributed by atoms with Crippen LogP contribution in [0.4, 0.5) is 11.4 Å². The highest BCUT2D eigenvalue weighted by atomic mass is 16.5. The molecule has 2 saturated heterocycles. The number of carbonyl (C=O) groups excluding carboxylic acids is 2. The summed E-state index contributed by atoms with van der Waals surface area (Å²) in [4.78, 5) is 41.4. The molecular formula is C28H38N10O3. The lowest BCUT2D eigenvalue weighted by Gasteiger charge is -2.35. The number of anilines is 2. The lowest BCUT2D eigenvalue weighted by atomic mass is 10.2. The van der Waals surface area contributed by atoms with E-state index in [1.807, 2.05) is 38.1 Å². The number of morpholine rings is 1. The van der Waals surface area contributed by atoms with Crippen molar-refractivity contribution >= 4 is 23.2 Å². The number of ether oxygens (including phenoxy) is 1. The Hall–Kier alpha value is -3.94. The summed E-state index contributed by atoms with van der Waals surface area (Å²) in [5, 5.41) is 14.2. The van der Waals surface area contributed by atoms with Crippen LogP contribution in [0.2, 0.25) is 0 Å². The van der Waals surface area contributed by atoms with Crippen LogP contribution in [0.3, 0.4) is 0 Å². The summed E-state index contributed by atoms with van der Waals surface area (Å²) >= 11 is 0. The van der Waals surface area contributed by atoms with Crippen molar-refractivity contribution in [3.8, 4) is 5.69 Å². The Bertz CT molecular complexity index is 1340. The van der Waals surface area contributed by atoms with Gasteiger partial charge in [0.1, 0.15) is 0 Å². The van der Waals surface area contributed by atoms with Gasteiger partial charge in [-0.3, -0.25) is 14.5 Å². The Balaban J connectivity index is 1.30. The maximum Gasteiger partial charge on any atom is 0.293 e. The van der Waals surface area contributed by atoms with Crippen LogP contribution in [-0.4, -0.2) is 119 Å². The van der Waals surface area contributed by atoms with Gasteiger partial charge in [-0.25, -0.2) is 14.6 Å². The van der Waals surface area contributed by atoms with Crippen LogP contribution in [0.5, 0.6) is 0 Å². The Morgan fingerprint density at radius 1 is 0.951 bits per heavy atom. The standard InChI is InChI=1S/C28H38N10O3/c1-20-17-21(2)31-26(30-20)28(40)32-23-18-22(5-6-25(23)37-11-9-35(3)10-12-37)38-19-24(33-34-38)27(39)29-7-4-8-36-13-15-41-16-14-36/h5-6,17-19H,4,7-16H2,1-3H3,(H,29,39)(H,32,40). The predicted octanol–water partition coefficient (Wildman–Crippen LogP) is 1.13. The number of likely N-dealkylation sites (N-methyl/N-ethyl adjacent to an activating group) is 1. The second-order valence-electron chi connectivity index (χ2n) is 10.5. The molecule has 2 fully saturated rings. The summed E-state index contributed by atoms with van der Waals surface area (Å²) in [6.45, 7) is 12.0. The third-order valence-electron chi connectivity index (χ3n) is 7.29. The highest BCUT2D eigenvalue weighted by molar-refractivity contribution is 6.04. The average Bonchev–Trinajstić information content (AvgIpc) is 3.46.